The fraction of sp³-hybridized carbons (Fsp3) is 0. The summed E-state index contributed by atoms with van der Waals surface area (Å²) in [6.07, 6.45) is 2.92. The summed E-state index contributed by atoms with van der Waals surface area (Å²) in [6, 6.07) is 0. The van der Waals surface area contributed by atoms with Gasteiger partial charge in [-0.2, -0.15) is 0 Å². The lowest BCUT2D eigenvalue weighted by Gasteiger charge is -1.89. The average Bonchev–Trinajstić information content (AvgIpc) is 2.52. The molecule has 0 aliphatic heterocycles. The number of nitrogens with zero attached hydrogens (tertiary/aromatic N) is 3. The van der Waals surface area contributed by atoms with Crippen LogP contribution in [-0.4, -0.2) is 29.7 Å². The Hall–Kier alpha value is -1.63. The highest BCUT2D eigenvalue weighted by molar-refractivity contribution is 7.30. The predicted molar refractivity (Wildman–Crippen MR) is 48.1 cm³/mol. The van der Waals surface area contributed by atoms with Crippen LogP contribution in [0.5, 0.6) is 0 Å². The molecule has 0 unspecified atom stereocenters. The molecule has 74 valence electrons. The van der Waals surface area contributed by atoms with Crippen molar-refractivity contribution in [1.29, 1.82) is 0 Å². The number of hydrogen-bond acceptors (Lipinski definition) is 5. The summed E-state index contributed by atoms with van der Waals surface area (Å²) in [5.41, 5.74) is 6.78. The van der Waals surface area contributed by atoms with Gasteiger partial charge in [0.15, 0.2) is 11.5 Å². The Morgan fingerprint density at radius 1 is 1.36 bits per heavy atom. The Labute approximate surface area is 78.8 Å². The van der Waals surface area contributed by atoms with E-state index in [4.69, 9.17) is 20.1 Å². The largest absolute Gasteiger partial charge is 0.692 e. The first-order valence-corrected chi connectivity index (χ1v) is 4.52. The van der Waals surface area contributed by atoms with Crippen molar-refractivity contribution in [1.82, 2.24) is 19.9 Å². The van der Waals surface area contributed by atoms with E-state index in [0.717, 1.165) is 0 Å². The molecule has 0 aliphatic rings. The van der Waals surface area contributed by atoms with Gasteiger partial charge in [-0.05, 0) is 0 Å². The fourth-order valence-corrected chi connectivity index (χ4v) is 0.784. The molecule has 0 atom stereocenters. The second-order valence-electron chi connectivity index (χ2n) is 2.11. The normalized spacial score (nSPS) is 9.29. The summed E-state index contributed by atoms with van der Waals surface area (Å²) in [5.74, 6) is 0.433. The van der Waals surface area contributed by atoms with Crippen molar-refractivity contribution in [3.05, 3.63) is 12.7 Å². The van der Waals surface area contributed by atoms with Gasteiger partial charge in [-0.15, -0.1) is 9.79 Å². The first-order valence-electron chi connectivity index (χ1n) is 3.36. The Bertz CT molecular complexity index is 440. The van der Waals surface area contributed by atoms with Gasteiger partial charge >= 0.3 is 8.25 Å². The van der Waals surface area contributed by atoms with Crippen molar-refractivity contribution >= 4 is 25.2 Å². The van der Waals surface area contributed by atoms with Gasteiger partial charge in [0.05, 0.1) is 6.33 Å². The van der Waals surface area contributed by atoms with Gasteiger partial charge in [-0.3, -0.25) is 0 Å². The van der Waals surface area contributed by atoms with Crippen LogP contribution in [0.15, 0.2) is 12.7 Å². The molecule has 0 fully saturated rings. The third kappa shape index (κ3) is 2.70. The Balaban J connectivity index is 0.000000213. The zero-order valence-electron chi connectivity index (χ0n) is 6.82. The van der Waals surface area contributed by atoms with Crippen LogP contribution >= 0.6 is 8.25 Å². The molecule has 0 amide bonds. The highest BCUT2D eigenvalue weighted by atomic mass is 31.1. The van der Waals surface area contributed by atoms with Gasteiger partial charge in [0.1, 0.15) is 11.8 Å². The molecular formula is C5H7N5O3P+. The van der Waals surface area contributed by atoms with E-state index in [9.17, 15) is 0 Å². The minimum Gasteiger partial charge on any atom is -0.382 e. The van der Waals surface area contributed by atoms with E-state index in [1.807, 2.05) is 0 Å². The van der Waals surface area contributed by atoms with Crippen LogP contribution in [0.25, 0.3) is 11.2 Å². The van der Waals surface area contributed by atoms with Crippen LogP contribution in [-0.2, 0) is 4.57 Å². The zero-order chi connectivity index (χ0) is 10.6. The Morgan fingerprint density at radius 3 is 2.57 bits per heavy atom. The van der Waals surface area contributed by atoms with Crippen LogP contribution in [0.2, 0.25) is 0 Å². The highest BCUT2D eigenvalue weighted by Crippen LogP contribution is 2.09. The second kappa shape index (κ2) is 4.56. The van der Waals surface area contributed by atoms with Crippen molar-refractivity contribution in [3.63, 3.8) is 0 Å². The number of H-pyrrole nitrogens is 1. The number of nitrogens with two attached hydrogens (primary N) is 1. The average molecular weight is 216 g/mol. The maximum atomic E-state index is 8.70. The summed E-state index contributed by atoms with van der Waals surface area (Å²) >= 11 is 0. The second-order valence-corrected chi connectivity index (χ2v) is 2.62. The molecule has 9 heteroatoms. The number of anilines is 1. The van der Waals surface area contributed by atoms with Crippen molar-refractivity contribution in [2.75, 3.05) is 5.73 Å². The SMILES string of the molecule is Nc1ncnc2nc[nH]c12.O=[P+](O)O. The zero-order valence-corrected chi connectivity index (χ0v) is 7.72. The minimum atomic E-state index is -2.87. The number of imidazole rings is 1. The van der Waals surface area contributed by atoms with Gasteiger partial charge in [0, 0.05) is 4.57 Å². The molecule has 0 aromatic carbocycles. The first-order chi connectivity index (χ1) is 6.61. The summed E-state index contributed by atoms with van der Waals surface area (Å²) in [7, 11) is -2.87. The first kappa shape index (κ1) is 10.5. The number of rotatable bonds is 0. The number of nitrogens with one attached hydrogen (secondary N) is 1. The van der Waals surface area contributed by atoms with E-state index in [1.165, 1.54) is 12.7 Å². The molecule has 0 saturated heterocycles. The topological polar surface area (TPSA) is 138 Å². The van der Waals surface area contributed by atoms with Gasteiger partial charge in [0.2, 0.25) is 0 Å². The van der Waals surface area contributed by atoms with E-state index in [2.05, 4.69) is 19.9 Å². The van der Waals surface area contributed by atoms with Gasteiger partial charge in [-0.25, -0.2) is 15.0 Å². The maximum Gasteiger partial charge on any atom is 0.692 e. The van der Waals surface area contributed by atoms with Gasteiger partial charge in [0.25, 0.3) is 0 Å². The lowest BCUT2D eigenvalue weighted by molar-refractivity contribution is 0.405. The van der Waals surface area contributed by atoms with Gasteiger partial charge < -0.3 is 10.7 Å². The molecule has 2 aromatic rings. The van der Waals surface area contributed by atoms with E-state index < -0.39 is 8.25 Å². The number of aromatic amines is 1. The van der Waals surface area contributed by atoms with Crippen molar-refractivity contribution in [2.24, 2.45) is 0 Å². The number of aromatic nitrogens is 4. The van der Waals surface area contributed by atoms with Crippen molar-refractivity contribution < 1.29 is 14.4 Å². The van der Waals surface area contributed by atoms with Crippen LogP contribution in [0, 0.1) is 0 Å². The van der Waals surface area contributed by atoms with Crippen LogP contribution in [0.1, 0.15) is 0 Å². The third-order valence-electron chi connectivity index (χ3n) is 1.25. The Kier molecular flexibility index (Phi) is 3.41. The highest BCUT2D eigenvalue weighted by Gasteiger charge is 1.99. The standard InChI is InChI=1S/C5H5N5.HO3P/c6-4-3-5(9-1-7-3)10-2-8-4;1-4(2)3/h1-2H,(H3,6,7,8,9,10);(H-,1,2,3)/p+1. The molecule has 2 heterocycles. The van der Waals surface area contributed by atoms with Crippen LogP contribution < -0.4 is 5.73 Å². The minimum absolute atomic E-state index is 0.433. The summed E-state index contributed by atoms with van der Waals surface area (Å²) in [5, 5.41) is 0. The lowest BCUT2D eigenvalue weighted by atomic mass is 10.5. The van der Waals surface area contributed by atoms with E-state index >= 15 is 0 Å². The summed E-state index contributed by atoms with van der Waals surface area (Å²) in [4.78, 5) is 28.6. The molecule has 0 bridgehead atoms. The Morgan fingerprint density at radius 2 is 2.00 bits per heavy atom. The summed E-state index contributed by atoms with van der Waals surface area (Å²) < 4.78 is 8.70. The van der Waals surface area contributed by atoms with E-state index in [1.54, 1.807) is 0 Å². The fourth-order valence-electron chi connectivity index (χ4n) is 0.784. The molecular weight excluding hydrogens is 209 g/mol. The smallest absolute Gasteiger partial charge is 0.382 e. The predicted octanol–water partition coefficient (Wildman–Crippen LogP) is -0.436. The molecule has 5 N–H and O–H groups in total. The van der Waals surface area contributed by atoms with Crippen molar-refractivity contribution in [3.8, 4) is 0 Å². The molecule has 2 rings (SSSR count). The maximum absolute atomic E-state index is 8.70. The van der Waals surface area contributed by atoms with Crippen LogP contribution in [0.4, 0.5) is 5.82 Å². The van der Waals surface area contributed by atoms with Gasteiger partial charge in [-0.1, -0.05) is 0 Å². The number of hydrogen-bond donors (Lipinski definition) is 4. The third-order valence-corrected chi connectivity index (χ3v) is 1.25. The van der Waals surface area contributed by atoms with Crippen LogP contribution in [0.3, 0.4) is 0 Å². The monoisotopic (exact) mass is 216 g/mol. The molecule has 0 saturated carbocycles. The molecule has 14 heavy (non-hydrogen) atoms. The number of fused-ring (bicyclic) bond motifs is 1. The van der Waals surface area contributed by atoms with Crippen molar-refractivity contribution in [2.45, 2.75) is 0 Å². The lowest BCUT2D eigenvalue weighted by Crippen LogP contribution is -1.91. The molecule has 2 aromatic heterocycles. The number of nitrogen functional groups attached to an aromatic ring is 1. The quantitative estimate of drug-likeness (QED) is 0.438. The van der Waals surface area contributed by atoms with E-state index in [0.29, 0.717) is 17.0 Å². The molecule has 0 aliphatic carbocycles. The van der Waals surface area contributed by atoms with E-state index in [-0.39, 0.29) is 0 Å². The molecule has 0 radical (unpaired) electrons. The molecule has 0 spiro atoms. The molecule has 8 nitrogen and oxygen atoms in total. The summed E-state index contributed by atoms with van der Waals surface area (Å²) in [6.45, 7) is 0.